The van der Waals surface area contributed by atoms with Gasteiger partial charge in [0.2, 0.25) is 5.91 Å². The van der Waals surface area contributed by atoms with E-state index >= 15 is 0 Å². The van der Waals surface area contributed by atoms with E-state index in [0.717, 1.165) is 36.2 Å². The molecule has 1 aromatic heterocycles. The molecule has 0 saturated carbocycles. The van der Waals surface area contributed by atoms with E-state index in [1.54, 1.807) is 4.68 Å². The van der Waals surface area contributed by atoms with E-state index in [1.807, 2.05) is 42.3 Å². The number of carbonyl (C=O) groups excluding carboxylic acids is 1. The highest BCUT2D eigenvalue weighted by Gasteiger charge is 2.38. The normalized spacial score (nSPS) is 13.9. The number of carboxylic acids is 1. The van der Waals surface area contributed by atoms with Crippen LogP contribution in [0.5, 0.6) is 0 Å². The van der Waals surface area contributed by atoms with Crippen molar-refractivity contribution in [3.05, 3.63) is 71.4 Å². The maximum atomic E-state index is 13.0. The fourth-order valence-electron chi connectivity index (χ4n) is 3.79. The summed E-state index contributed by atoms with van der Waals surface area (Å²) in [6, 6.07) is 16.0. The summed E-state index contributed by atoms with van der Waals surface area (Å²) in [5.41, 5.74) is 11.2. The van der Waals surface area contributed by atoms with Crippen molar-refractivity contribution < 1.29 is 27.9 Å². The fourth-order valence-corrected chi connectivity index (χ4v) is 3.79. The number of nitrogens with zero attached hydrogens (tertiary/aromatic N) is 4. The van der Waals surface area contributed by atoms with E-state index in [2.05, 4.69) is 34.6 Å². The van der Waals surface area contributed by atoms with Gasteiger partial charge in [0.05, 0.1) is 6.20 Å². The number of fused-ring (bicyclic) bond motifs is 1. The number of hydrogen-bond acceptors (Lipinski definition) is 5. The first-order valence-electron chi connectivity index (χ1n) is 11.0. The first kappa shape index (κ1) is 25.9. The van der Waals surface area contributed by atoms with Crippen LogP contribution in [0.1, 0.15) is 29.7 Å². The van der Waals surface area contributed by atoms with Gasteiger partial charge in [0.1, 0.15) is 11.7 Å². The first-order valence-corrected chi connectivity index (χ1v) is 11.0. The Balaban J connectivity index is 0.000000429. The van der Waals surface area contributed by atoms with Crippen molar-refractivity contribution >= 4 is 11.9 Å². The molecule has 186 valence electrons. The molecule has 0 saturated heterocycles. The molecule has 35 heavy (non-hydrogen) atoms. The van der Waals surface area contributed by atoms with Crippen molar-refractivity contribution in [3.8, 4) is 11.3 Å². The molecule has 1 amide bonds. The second-order valence-corrected chi connectivity index (χ2v) is 8.04. The predicted molar refractivity (Wildman–Crippen MR) is 122 cm³/mol. The van der Waals surface area contributed by atoms with E-state index in [1.165, 1.54) is 11.1 Å². The number of carboxylic acid groups (broad SMARTS) is 1. The highest BCUT2D eigenvalue weighted by molar-refractivity contribution is 5.80. The largest absolute Gasteiger partial charge is 0.490 e. The summed E-state index contributed by atoms with van der Waals surface area (Å²) in [7, 11) is 0. The molecule has 0 bridgehead atoms. The van der Waals surface area contributed by atoms with Crippen LogP contribution in [0.15, 0.2) is 54.7 Å². The number of nitrogens with two attached hydrogens (primary N) is 1. The molecular weight excluding hydrogens is 463 g/mol. The van der Waals surface area contributed by atoms with Crippen LogP contribution in [-0.4, -0.2) is 56.1 Å². The molecule has 0 aliphatic carbocycles. The van der Waals surface area contributed by atoms with Gasteiger partial charge in [-0.1, -0.05) is 53.7 Å². The quantitative estimate of drug-likeness (QED) is 0.569. The van der Waals surface area contributed by atoms with Crippen LogP contribution < -0.4 is 5.73 Å². The molecule has 3 aromatic rings. The summed E-state index contributed by atoms with van der Waals surface area (Å²) >= 11 is 0. The van der Waals surface area contributed by atoms with E-state index in [9.17, 15) is 18.0 Å². The molecule has 0 fully saturated rings. The molecule has 8 nitrogen and oxygen atoms in total. The average Bonchev–Trinajstić information content (AvgIpc) is 3.33. The fraction of sp³-hybridized carbons (Fsp3) is 0.333. The Morgan fingerprint density at radius 2 is 1.74 bits per heavy atom. The standard InChI is InChI=1S/C22H25N5O.C2HF3O2/c1-16(22(28)26-13-11-17-6-2-3-8-19(17)14-26)27-15-21(24-25-27)20-9-5-4-7-18(20)10-12-23;3-2(4,5)1(6)7/h2-9,15-16H,10-14,23H2,1H3;(H,6,7). The number of amides is 1. The predicted octanol–water partition coefficient (Wildman–Crippen LogP) is 3.23. The molecule has 11 heteroatoms. The zero-order valence-corrected chi connectivity index (χ0v) is 19.1. The maximum absolute atomic E-state index is 13.0. The molecular formula is C24H26F3N5O3. The lowest BCUT2D eigenvalue weighted by Crippen LogP contribution is -2.39. The summed E-state index contributed by atoms with van der Waals surface area (Å²) in [6.07, 6.45) is -1.55. The first-order chi connectivity index (χ1) is 16.6. The van der Waals surface area contributed by atoms with E-state index < -0.39 is 18.2 Å². The molecule has 1 unspecified atom stereocenters. The molecule has 4 rings (SSSR count). The van der Waals surface area contributed by atoms with Gasteiger partial charge in [-0.05, 0) is 43.0 Å². The smallest absolute Gasteiger partial charge is 0.475 e. The number of benzene rings is 2. The van der Waals surface area contributed by atoms with E-state index in [-0.39, 0.29) is 5.91 Å². The average molecular weight is 489 g/mol. The van der Waals surface area contributed by atoms with E-state index in [0.29, 0.717) is 13.1 Å². The number of aromatic nitrogens is 3. The Bertz CT molecular complexity index is 1180. The molecule has 1 aliphatic heterocycles. The zero-order chi connectivity index (χ0) is 25.6. The minimum atomic E-state index is -5.08. The van der Waals surface area contributed by atoms with E-state index in [4.69, 9.17) is 15.6 Å². The number of alkyl halides is 3. The van der Waals surface area contributed by atoms with Crippen LogP contribution in [0, 0.1) is 0 Å². The lowest BCUT2D eigenvalue weighted by Gasteiger charge is -2.30. The van der Waals surface area contributed by atoms with Gasteiger partial charge in [-0.15, -0.1) is 5.10 Å². The van der Waals surface area contributed by atoms with Crippen LogP contribution in [0.2, 0.25) is 0 Å². The van der Waals surface area contributed by atoms with Gasteiger partial charge in [0.25, 0.3) is 0 Å². The van der Waals surface area contributed by atoms with Gasteiger partial charge in [0, 0.05) is 18.7 Å². The zero-order valence-electron chi connectivity index (χ0n) is 19.1. The summed E-state index contributed by atoms with van der Waals surface area (Å²) in [6.45, 7) is 3.85. The number of hydrogen-bond donors (Lipinski definition) is 2. The molecule has 1 aliphatic rings. The Hall–Kier alpha value is -3.73. The Kier molecular flexibility index (Phi) is 8.23. The molecule has 2 heterocycles. The molecule has 3 N–H and O–H groups in total. The van der Waals surface area contributed by atoms with Gasteiger partial charge in [-0.3, -0.25) is 4.79 Å². The summed E-state index contributed by atoms with van der Waals surface area (Å²) < 4.78 is 33.4. The highest BCUT2D eigenvalue weighted by atomic mass is 19.4. The topological polar surface area (TPSA) is 114 Å². The van der Waals surface area contributed by atoms with Gasteiger partial charge in [0.15, 0.2) is 0 Å². The van der Waals surface area contributed by atoms with Crippen molar-refractivity contribution in [2.45, 2.75) is 38.5 Å². The molecule has 0 radical (unpaired) electrons. The van der Waals surface area contributed by atoms with Crippen molar-refractivity contribution in [2.75, 3.05) is 13.1 Å². The van der Waals surface area contributed by atoms with Crippen LogP contribution in [0.3, 0.4) is 0 Å². The van der Waals surface area contributed by atoms with Crippen molar-refractivity contribution in [1.82, 2.24) is 19.9 Å². The van der Waals surface area contributed by atoms with Crippen LogP contribution in [-0.2, 0) is 29.0 Å². The number of halogens is 3. The van der Waals surface area contributed by atoms with Crippen molar-refractivity contribution in [3.63, 3.8) is 0 Å². The summed E-state index contributed by atoms with van der Waals surface area (Å²) in [5, 5.41) is 15.7. The molecule has 1 atom stereocenters. The minimum Gasteiger partial charge on any atom is -0.475 e. The number of carbonyl (C=O) groups is 2. The maximum Gasteiger partial charge on any atom is 0.490 e. The Morgan fingerprint density at radius 1 is 1.11 bits per heavy atom. The summed E-state index contributed by atoms with van der Waals surface area (Å²) in [4.78, 5) is 23.9. The number of rotatable bonds is 5. The van der Waals surface area contributed by atoms with Gasteiger partial charge in [-0.25, -0.2) is 9.48 Å². The number of aliphatic carboxylic acids is 1. The lowest BCUT2D eigenvalue weighted by molar-refractivity contribution is -0.192. The summed E-state index contributed by atoms with van der Waals surface area (Å²) in [5.74, 6) is -2.69. The van der Waals surface area contributed by atoms with Crippen LogP contribution >= 0.6 is 0 Å². The monoisotopic (exact) mass is 489 g/mol. The van der Waals surface area contributed by atoms with Gasteiger partial charge < -0.3 is 15.7 Å². The third-order valence-corrected chi connectivity index (χ3v) is 5.66. The lowest BCUT2D eigenvalue weighted by atomic mass is 9.99. The van der Waals surface area contributed by atoms with Crippen molar-refractivity contribution in [1.29, 1.82) is 0 Å². The third-order valence-electron chi connectivity index (χ3n) is 5.66. The molecule has 0 spiro atoms. The van der Waals surface area contributed by atoms with Gasteiger partial charge >= 0.3 is 12.1 Å². The van der Waals surface area contributed by atoms with Crippen LogP contribution in [0.4, 0.5) is 13.2 Å². The Labute approximate surface area is 200 Å². The Morgan fingerprint density at radius 3 is 2.40 bits per heavy atom. The second-order valence-electron chi connectivity index (χ2n) is 8.04. The van der Waals surface area contributed by atoms with Crippen LogP contribution in [0.25, 0.3) is 11.3 Å². The second kappa shape index (κ2) is 11.1. The third kappa shape index (κ3) is 6.44. The minimum absolute atomic E-state index is 0.0706. The molecule has 2 aromatic carbocycles. The van der Waals surface area contributed by atoms with Crippen molar-refractivity contribution in [2.24, 2.45) is 5.73 Å². The highest BCUT2D eigenvalue weighted by Crippen LogP contribution is 2.24. The van der Waals surface area contributed by atoms with Gasteiger partial charge in [-0.2, -0.15) is 13.2 Å². The SMILES string of the molecule is CC(C(=O)N1CCc2ccccc2C1)n1cc(-c2ccccc2CCN)nn1.O=C(O)C(F)(F)F.